The zero-order chi connectivity index (χ0) is 25.5. The minimum absolute atomic E-state index is 0.298. The first-order chi connectivity index (χ1) is 18.7. The van der Waals surface area contributed by atoms with Gasteiger partial charge in [0.1, 0.15) is 11.5 Å². The largest absolute Gasteiger partial charge is 0.354 e. The fourth-order valence-electron chi connectivity index (χ4n) is 4.71. The molecule has 6 nitrogen and oxygen atoms in total. The number of hydrogen-bond donors (Lipinski definition) is 2. The molecule has 0 atom stereocenters. The van der Waals surface area contributed by atoms with Crippen LogP contribution in [-0.2, 0) is 0 Å². The fraction of sp³-hybridized carbons (Fsp3) is 0. The standard InChI is InChI=1S/C31H21FN6/c32-22-14-16-23(17-15-22)33-18-21-19-38(31-35-26-12-6-7-13-27(26)36-31)37-30(21)28-24-10-4-5-11-25(24)34-29(28)20-8-2-1-3-9-20/h1-19,34H,(H,35,36). The first-order valence-corrected chi connectivity index (χ1v) is 12.2. The fourth-order valence-corrected chi connectivity index (χ4v) is 4.71. The van der Waals surface area contributed by atoms with Gasteiger partial charge in [-0.15, -0.1) is 0 Å². The molecule has 2 N–H and O–H groups in total. The van der Waals surface area contributed by atoms with Crippen LogP contribution in [0.4, 0.5) is 10.1 Å². The molecular formula is C31H21FN6. The number of rotatable bonds is 5. The molecule has 4 aromatic carbocycles. The predicted molar refractivity (Wildman–Crippen MR) is 150 cm³/mol. The average molecular weight is 497 g/mol. The lowest BCUT2D eigenvalue weighted by atomic mass is 10.0. The van der Waals surface area contributed by atoms with Crippen LogP contribution in [0.25, 0.3) is 50.4 Å². The minimum atomic E-state index is -0.298. The summed E-state index contributed by atoms with van der Waals surface area (Å²) in [6, 6.07) is 32.4. The highest BCUT2D eigenvalue weighted by Gasteiger charge is 2.21. The molecule has 0 aliphatic heterocycles. The first-order valence-electron chi connectivity index (χ1n) is 12.2. The van der Waals surface area contributed by atoms with E-state index in [4.69, 9.17) is 10.1 Å². The number of H-pyrrole nitrogens is 2. The molecule has 0 amide bonds. The van der Waals surface area contributed by atoms with E-state index in [9.17, 15) is 4.39 Å². The molecule has 0 saturated heterocycles. The Kier molecular flexibility index (Phi) is 5.18. The number of aliphatic imine (C=N–C) groups is 1. The molecule has 7 rings (SSSR count). The monoisotopic (exact) mass is 496 g/mol. The quantitative estimate of drug-likeness (QED) is 0.243. The molecule has 0 fully saturated rings. The number of aromatic nitrogens is 5. The second-order valence-corrected chi connectivity index (χ2v) is 8.98. The van der Waals surface area contributed by atoms with Crippen LogP contribution in [0.1, 0.15) is 5.56 Å². The number of nitrogens with one attached hydrogen (secondary N) is 2. The third-order valence-electron chi connectivity index (χ3n) is 6.52. The number of imidazole rings is 1. The lowest BCUT2D eigenvalue weighted by Gasteiger charge is -2.04. The van der Waals surface area contributed by atoms with Crippen molar-refractivity contribution >= 4 is 33.8 Å². The van der Waals surface area contributed by atoms with Gasteiger partial charge in [-0.2, -0.15) is 5.10 Å². The summed E-state index contributed by atoms with van der Waals surface area (Å²) in [5.41, 5.74) is 8.01. The van der Waals surface area contributed by atoms with Crippen LogP contribution in [0.2, 0.25) is 0 Å². The normalized spacial score (nSPS) is 11.7. The predicted octanol–water partition coefficient (Wildman–Crippen LogP) is 7.45. The van der Waals surface area contributed by atoms with Gasteiger partial charge in [-0.1, -0.05) is 60.7 Å². The van der Waals surface area contributed by atoms with Crippen molar-refractivity contribution in [3.8, 4) is 28.5 Å². The summed E-state index contributed by atoms with van der Waals surface area (Å²) in [5, 5.41) is 6.09. The Morgan fingerprint density at radius 3 is 2.32 bits per heavy atom. The summed E-state index contributed by atoms with van der Waals surface area (Å²) in [6.45, 7) is 0. The maximum Gasteiger partial charge on any atom is 0.229 e. The van der Waals surface area contributed by atoms with Crippen LogP contribution in [0.3, 0.4) is 0 Å². The maximum absolute atomic E-state index is 13.5. The molecule has 7 heteroatoms. The number of hydrogen-bond acceptors (Lipinski definition) is 3. The maximum atomic E-state index is 13.5. The molecule has 0 aliphatic rings. The van der Waals surface area contributed by atoms with Gasteiger partial charge in [0, 0.05) is 34.4 Å². The Balaban J connectivity index is 1.46. The van der Waals surface area contributed by atoms with Crippen molar-refractivity contribution < 1.29 is 4.39 Å². The van der Waals surface area contributed by atoms with E-state index in [1.807, 2.05) is 60.8 Å². The molecule has 0 unspecified atom stereocenters. The van der Waals surface area contributed by atoms with E-state index in [1.54, 1.807) is 23.0 Å². The van der Waals surface area contributed by atoms with E-state index in [0.29, 0.717) is 11.6 Å². The van der Waals surface area contributed by atoms with Gasteiger partial charge in [0.05, 0.1) is 22.4 Å². The van der Waals surface area contributed by atoms with Gasteiger partial charge >= 0.3 is 0 Å². The van der Waals surface area contributed by atoms with Crippen molar-refractivity contribution in [1.82, 2.24) is 24.7 Å². The topological polar surface area (TPSA) is 74.7 Å². The Hall–Kier alpha value is -5.30. The third kappa shape index (κ3) is 3.87. The van der Waals surface area contributed by atoms with Gasteiger partial charge in [0.15, 0.2) is 0 Å². The molecule has 0 aliphatic carbocycles. The van der Waals surface area contributed by atoms with Crippen molar-refractivity contribution in [1.29, 1.82) is 0 Å². The average Bonchev–Trinajstić information content (AvgIpc) is 3.68. The zero-order valence-electron chi connectivity index (χ0n) is 20.1. The third-order valence-corrected chi connectivity index (χ3v) is 6.52. The highest BCUT2D eigenvalue weighted by molar-refractivity contribution is 6.06. The van der Waals surface area contributed by atoms with Gasteiger partial charge in [0.2, 0.25) is 5.95 Å². The molecule has 0 spiro atoms. The van der Waals surface area contributed by atoms with Crippen molar-refractivity contribution in [3.63, 3.8) is 0 Å². The van der Waals surface area contributed by atoms with Gasteiger partial charge in [-0.05, 0) is 48.0 Å². The highest BCUT2D eigenvalue weighted by Crippen LogP contribution is 2.39. The number of benzene rings is 4. The van der Waals surface area contributed by atoms with Gasteiger partial charge in [0.25, 0.3) is 0 Å². The Morgan fingerprint density at radius 2 is 1.50 bits per heavy atom. The summed E-state index contributed by atoms with van der Waals surface area (Å²) in [5.74, 6) is 0.309. The number of nitrogens with zero attached hydrogens (tertiary/aromatic N) is 4. The number of fused-ring (bicyclic) bond motifs is 2. The van der Waals surface area contributed by atoms with Crippen LogP contribution in [-0.4, -0.2) is 30.9 Å². The van der Waals surface area contributed by atoms with Crippen LogP contribution in [0, 0.1) is 5.82 Å². The van der Waals surface area contributed by atoms with Crippen molar-refractivity contribution in [2.75, 3.05) is 0 Å². The first kappa shape index (κ1) is 21.9. The van der Waals surface area contributed by atoms with E-state index in [-0.39, 0.29) is 5.82 Å². The lowest BCUT2D eigenvalue weighted by Crippen LogP contribution is -1.97. The number of aromatic amines is 2. The Bertz CT molecular complexity index is 1890. The lowest BCUT2D eigenvalue weighted by molar-refractivity contribution is 0.628. The van der Waals surface area contributed by atoms with Crippen molar-refractivity contribution in [2.24, 2.45) is 4.99 Å². The molecule has 0 radical (unpaired) electrons. The van der Waals surface area contributed by atoms with E-state index >= 15 is 0 Å². The van der Waals surface area contributed by atoms with Crippen molar-refractivity contribution in [3.05, 3.63) is 121 Å². The van der Waals surface area contributed by atoms with Crippen LogP contribution < -0.4 is 0 Å². The number of para-hydroxylation sites is 3. The van der Waals surface area contributed by atoms with E-state index in [2.05, 4.69) is 39.2 Å². The Morgan fingerprint density at radius 1 is 0.763 bits per heavy atom. The molecule has 0 saturated carbocycles. The molecule has 3 heterocycles. The van der Waals surface area contributed by atoms with Gasteiger partial charge in [-0.25, -0.2) is 14.1 Å². The van der Waals surface area contributed by atoms with E-state index in [0.717, 1.165) is 50.0 Å². The summed E-state index contributed by atoms with van der Waals surface area (Å²) < 4.78 is 15.2. The van der Waals surface area contributed by atoms with E-state index < -0.39 is 0 Å². The van der Waals surface area contributed by atoms with E-state index in [1.165, 1.54) is 12.1 Å². The smallest absolute Gasteiger partial charge is 0.229 e. The minimum Gasteiger partial charge on any atom is -0.354 e. The SMILES string of the molecule is Fc1ccc(N=Cc2cn(-c3nc4ccccc4[nH]3)nc2-c2c(-c3ccccc3)[nH]c3ccccc23)cc1. The molecule has 3 aromatic heterocycles. The second-order valence-electron chi connectivity index (χ2n) is 8.98. The second kappa shape index (κ2) is 8.97. The highest BCUT2D eigenvalue weighted by atomic mass is 19.1. The Labute approximate surface area is 217 Å². The van der Waals surface area contributed by atoms with Crippen LogP contribution in [0.15, 0.2) is 114 Å². The molecule has 38 heavy (non-hydrogen) atoms. The van der Waals surface area contributed by atoms with Crippen LogP contribution in [0.5, 0.6) is 0 Å². The zero-order valence-corrected chi connectivity index (χ0v) is 20.1. The van der Waals surface area contributed by atoms with Crippen LogP contribution >= 0.6 is 0 Å². The summed E-state index contributed by atoms with van der Waals surface area (Å²) >= 11 is 0. The van der Waals surface area contributed by atoms with Gasteiger partial charge < -0.3 is 9.97 Å². The van der Waals surface area contributed by atoms with Crippen molar-refractivity contribution in [2.45, 2.75) is 0 Å². The summed E-state index contributed by atoms with van der Waals surface area (Å²) in [7, 11) is 0. The summed E-state index contributed by atoms with van der Waals surface area (Å²) in [6.07, 6.45) is 3.68. The summed E-state index contributed by atoms with van der Waals surface area (Å²) in [4.78, 5) is 16.3. The van der Waals surface area contributed by atoms with Gasteiger partial charge in [-0.3, -0.25) is 4.99 Å². The molecule has 0 bridgehead atoms. The molecular weight excluding hydrogens is 475 g/mol. The number of halogens is 1. The molecule has 182 valence electrons. The molecule has 7 aromatic rings.